The van der Waals surface area contributed by atoms with Crippen LogP contribution in [-0.2, 0) is 6.42 Å². The highest BCUT2D eigenvalue weighted by Crippen LogP contribution is 2.27. The molecular weight excluding hydrogens is 398 g/mol. The van der Waals surface area contributed by atoms with Crippen LogP contribution in [0.3, 0.4) is 0 Å². The van der Waals surface area contributed by atoms with Crippen molar-refractivity contribution in [1.29, 1.82) is 0 Å². The van der Waals surface area contributed by atoms with Gasteiger partial charge in [0, 0.05) is 37.7 Å². The third kappa shape index (κ3) is 4.99. The summed E-state index contributed by atoms with van der Waals surface area (Å²) in [6.45, 7) is 5.40. The summed E-state index contributed by atoms with van der Waals surface area (Å²) >= 11 is 8.87. The Hall–Kier alpha value is -0.160. The van der Waals surface area contributed by atoms with Gasteiger partial charge in [-0.25, -0.2) is 0 Å². The Morgan fingerprint density at radius 3 is 2.35 bits per heavy atom. The van der Waals surface area contributed by atoms with Gasteiger partial charge in [-0.05, 0) is 46.1 Å². The van der Waals surface area contributed by atoms with Gasteiger partial charge >= 0.3 is 0 Å². The second-order valence-electron chi connectivity index (χ2n) is 5.25. The summed E-state index contributed by atoms with van der Waals surface area (Å²) in [4.78, 5) is 1.43. The molecule has 1 aromatic heterocycles. The predicted octanol–water partition coefficient (Wildman–Crippen LogP) is 5.60. The maximum Gasteiger partial charge on any atom is 0.0285 e. The molecule has 1 aromatic carbocycles. The van der Waals surface area contributed by atoms with Crippen LogP contribution in [0.5, 0.6) is 0 Å². The molecule has 1 atom stereocenters. The van der Waals surface area contributed by atoms with Crippen molar-refractivity contribution in [1.82, 2.24) is 5.32 Å². The number of rotatable bonds is 6. The molecule has 2 aromatic rings. The van der Waals surface area contributed by atoms with Gasteiger partial charge in [0.25, 0.3) is 0 Å². The highest BCUT2D eigenvalue weighted by molar-refractivity contribution is 9.10. The molecule has 0 saturated carbocycles. The van der Waals surface area contributed by atoms with Crippen molar-refractivity contribution in [3.63, 3.8) is 0 Å². The maximum absolute atomic E-state index is 3.57. The Labute approximate surface area is 142 Å². The van der Waals surface area contributed by atoms with E-state index in [1.54, 1.807) is 0 Å². The van der Waals surface area contributed by atoms with E-state index in [1.165, 1.54) is 14.9 Å². The van der Waals surface area contributed by atoms with E-state index in [9.17, 15) is 0 Å². The maximum atomic E-state index is 3.57. The molecule has 0 aliphatic rings. The topological polar surface area (TPSA) is 12.0 Å². The summed E-state index contributed by atoms with van der Waals surface area (Å²) < 4.78 is 2.32. The second kappa shape index (κ2) is 7.74. The van der Waals surface area contributed by atoms with Crippen LogP contribution in [-0.4, -0.2) is 12.6 Å². The van der Waals surface area contributed by atoms with Gasteiger partial charge in [-0.15, -0.1) is 11.3 Å². The van der Waals surface area contributed by atoms with Crippen LogP contribution in [0.15, 0.2) is 44.7 Å². The molecule has 20 heavy (non-hydrogen) atoms. The fraction of sp³-hybridized carbons (Fsp3) is 0.375. The first-order valence-electron chi connectivity index (χ1n) is 6.76. The van der Waals surface area contributed by atoms with Crippen molar-refractivity contribution in [2.24, 2.45) is 0 Å². The second-order valence-corrected chi connectivity index (χ2v) is 8.07. The zero-order chi connectivity index (χ0) is 14.5. The molecule has 108 valence electrons. The molecule has 0 saturated heterocycles. The molecule has 0 spiro atoms. The molecule has 1 N–H and O–H groups in total. The third-order valence-electron chi connectivity index (χ3n) is 3.18. The Kier molecular flexibility index (Phi) is 6.27. The van der Waals surface area contributed by atoms with Gasteiger partial charge in [0.2, 0.25) is 0 Å². The summed E-state index contributed by atoms with van der Waals surface area (Å²) in [6.07, 6.45) is 1.08. The summed E-state index contributed by atoms with van der Waals surface area (Å²) in [6, 6.07) is 11.4. The van der Waals surface area contributed by atoms with E-state index >= 15 is 0 Å². The number of thiophene rings is 1. The number of benzene rings is 1. The van der Waals surface area contributed by atoms with Crippen molar-refractivity contribution >= 4 is 43.2 Å². The van der Waals surface area contributed by atoms with Crippen LogP contribution in [0.25, 0.3) is 0 Å². The third-order valence-corrected chi connectivity index (χ3v) is 5.43. The minimum absolute atomic E-state index is 0.510. The molecule has 0 bridgehead atoms. The van der Waals surface area contributed by atoms with Crippen molar-refractivity contribution in [3.05, 3.63) is 55.1 Å². The quantitative estimate of drug-likeness (QED) is 0.646. The lowest BCUT2D eigenvalue weighted by atomic mass is 9.94. The van der Waals surface area contributed by atoms with Gasteiger partial charge in [-0.2, -0.15) is 0 Å². The number of halogens is 2. The van der Waals surface area contributed by atoms with Crippen LogP contribution in [0.1, 0.15) is 30.2 Å². The van der Waals surface area contributed by atoms with Crippen LogP contribution in [0.4, 0.5) is 0 Å². The van der Waals surface area contributed by atoms with Gasteiger partial charge in [-0.3, -0.25) is 0 Å². The lowest BCUT2D eigenvalue weighted by Crippen LogP contribution is -2.28. The fourth-order valence-corrected chi connectivity index (χ4v) is 3.92. The van der Waals surface area contributed by atoms with Crippen molar-refractivity contribution in [3.8, 4) is 0 Å². The van der Waals surface area contributed by atoms with Crippen molar-refractivity contribution in [2.75, 3.05) is 6.54 Å². The number of nitrogens with one attached hydrogen (secondary N) is 1. The number of hydrogen-bond acceptors (Lipinski definition) is 2. The molecule has 0 radical (unpaired) electrons. The zero-order valence-electron chi connectivity index (χ0n) is 11.7. The molecule has 2 rings (SSSR count). The highest BCUT2D eigenvalue weighted by atomic mass is 79.9. The standard InChI is InChI=1S/C16H19Br2NS/c1-11(2)19-9-13(7-16-8-15(18)10-20-16)12-3-5-14(17)6-4-12/h3-6,8,10-11,13,19H,7,9H2,1-2H3. The van der Waals surface area contributed by atoms with Crippen molar-refractivity contribution < 1.29 is 0 Å². The van der Waals surface area contributed by atoms with E-state index in [2.05, 4.69) is 86.7 Å². The lowest BCUT2D eigenvalue weighted by molar-refractivity contribution is 0.528. The summed E-state index contributed by atoms with van der Waals surface area (Å²) in [5, 5.41) is 5.72. The molecule has 1 nitrogen and oxygen atoms in total. The fourth-order valence-electron chi connectivity index (χ4n) is 2.12. The van der Waals surface area contributed by atoms with Crippen LogP contribution in [0, 0.1) is 0 Å². The minimum atomic E-state index is 0.510. The van der Waals surface area contributed by atoms with E-state index < -0.39 is 0 Å². The Morgan fingerprint density at radius 1 is 1.10 bits per heavy atom. The molecule has 0 fully saturated rings. The van der Waals surface area contributed by atoms with Crippen molar-refractivity contribution in [2.45, 2.75) is 32.2 Å². The van der Waals surface area contributed by atoms with Gasteiger partial charge in [0.1, 0.15) is 0 Å². The van der Waals surface area contributed by atoms with Crippen LogP contribution < -0.4 is 5.32 Å². The van der Waals surface area contributed by atoms with Gasteiger partial charge < -0.3 is 5.32 Å². The van der Waals surface area contributed by atoms with Gasteiger partial charge in [0.05, 0.1) is 0 Å². The van der Waals surface area contributed by atoms with Gasteiger partial charge in [0.15, 0.2) is 0 Å². The minimum Gasteiger partial charge on any atom is -0.314 e. The average molecular weight is 417 g/mol. The smallest absolute Gasteiger partial charge is 0.0285 e. The molecule has 4 heteroatoms. The Bertz CT molecular complexity index is 534. The first-order valence-corrected chi connectivity index (χ1v) is 9.23. The van der Waals surface area contributed by atoms with Crippen LogP contribution >= 0.6 is 43.2 Å². The normalized spacial score (nSPS) is 12.8. The average Bonchev–Trinajstić information content (AvgIpc) is 2.81. The van der Waals surface area contributed by atoms with E-state index in [1.807, 2.05) is 11.3 Å². The Morgan fingerprint density at radius 2 is 1.80 bits per heavy atom. The van der Waals surface area contributed by atoms with E-state index in [-0.39, 0.29) is 0 Å². The van der Waals surface area contributed by atoms with E-state index in [0.29, 0.717) is 12.0 Å². The molecule has 1 heterocycles. The SMILES string of the molecule is CC(C)NCC(Cc1cc(Br)cs1)c1ccc(Br)cc1. The molecule has 0 amide bonds. The molecule has 1 unspecified atom stereocenters. The first-order chi connectivity index (χ1) is 9.54. The zero-order valence-corrected chi connectivity index (χ0v) is 15.7. The lowest BCUT2D eigenvalue weighted by Gasteiger charge is -2.19. The van der Waals surface area contributed by atoms with E-state index in [0.717, 1.165) is 17.4 Å². The molecule has 0 aliphatic heterocycles. The highest BCUT2D eigenvalue weighted by Gasteiger charge is 2.14. The summed E-state index contributed by atoms with van der Waals surface area (Å²) in [7, 11) is 0. The van der Waals surface area contributed by atoms with Gasteiger partial charge in [-0.1, -0.05) is 41.9 Å². The summed E-state index contributed by atoms with van der Waals surface area (Å²) in [5.41, 5.74) is 1.39. The number of hydrogen-bond donors (Lipinski definition) is 1. The first kappa shape index (κ1) is 16.2. The monoisotopic (exact) mass is 415 g/mol. The Balaban J connectivity index is 2.13. The largest absolute Gasteiger partial charge is 0.314 e. The summed E-state index contributed by atoms with van der Waals surface area (Å²) in [5.74, 6) is 0.510. The van der Waals surface area contributed by atoms with Crippen LogP contribution in [0.2, 0.25) is 0 Å². The predicted molar refractivity (Wildman–Crippen MR) is 95.7 cm³/mol. The molecule has 0 aliphatic carbocycles. The van der Waals surface area contributed by atoms with E-state index in [4.69, 9.17) is 0 Å². The molecular formula is C16H19Br2NS.